The molecule has 1 N–H and O–H groups in total. The van der Waals surface area contributed by atoms with Crippen LogP contribution in [0.25, 0.3) is 22.6 Å². The van der Waals surface area contributed by atoms with Crippen LogP contribution >= 0.6 is 0 Å². The summed E-state index contributed by atoms with van der Waals surface area (Å²) in [4.78, 5) is 19.9. The fourth-order valence-corrected chi connectivity index (χ4v) is 1.96. The molecule has 5 nitrogen and oxygen atoms in total. The van der Waals surface area contributed by atoms with Crippen LogP contribution in [-0.4, -0.2) is 28.6 Å². The summed E-state index contributed by atoms with van der Waals surface area (Å²) >= 11 is 0. The van der Waals surface area contributed by atoms with Crippen LogP contribution < -0.4 is 5.32 Å². The van der Waals surface area contributed by atoms with Crippen molar-refractivity contribution in [3.63, 3.8) is 0 Å². The zero-order valence-electron chi connectivity index (χ0n) is 11.6. The van der Waals surface area contributed by atoms with Gasteiger partial charge in [0.1, 0.15) is 12.1 Å². The van der Waals surface area contributed by atoms with Crippen LogP contribution in [0.3, 0.4) is 0 Å². The van der Waals surface area contributed by atoms with Crippen molar-refractivity contribution in [2.45, 2.75) is 6.18 Å². The summed E-state index contributed by atoms with van der Waals surface area (Å²) in [6.45, 7) is -1.39. The summed E-state index contributed by atoms with van der Waals surface area (Å²) in [5.41, 5.74) is 1.54. The summed E-state index contributed by atoms with van der Waals surface area (Å²) < 4.78 is 41.9. The van der Waals surface area contributed by atoms with Crippen LogP contribution in [0.15, 0.2) is 47.1 Å². The molecule has 118 valence electrons. The molecular formula is C15H10F3N3O2. The van der Waals surface area contributed by atoms with Crippen molar-refractivity contribution in [3.8, 4) is 11.5 Å². The number of fused-ring (bicyclic) bond motifs is 1. The average Bonchev–Trinajstić information content (AvgIpc) is 2.96. The Hall–Kier alpha value is -2.90. The minimum Gasteiger partial charge on any atom is -0.436 e. The molecule has 0 radical (unpaired) electrons. The lowest BCUT2D eigenvalue weighted by molar-refractivity contribution is -0.123. The van der Waals surface area contributed by atoms with Gasteiger partial charge in [-0.2, -0.15) is 13.2 Å². The molecule has 1 amide bonds. The highest BCUT2D eigenvalue weighted by molar-refractivity contribution is 5.97. The lowest BCUT2D eigenvalue weighted by Gasteiger charge is -2.07. The number of carbonyl (C=O) groups excluding carboxylic acids is 1. The van der Waals surface area contributed by atoms with Crippen molar-refractivity contribution in [1.82, 2.24) is 15.3 Å². The smallest absolute Gasteiger partial charge is 0.405 e. The number of nitrogens with one attached hydrogen (secondary N) is 1. The normalized spacial score (nSPS) is 11.6. The Bertz CT molecular complexity index is 844. The molecule has 2 aromatic heterocycles. The molecule has 2 heterocycles. The molecule has 0 spiro atoms. The number of carbonyl (C=O) groups is 1. The zero-order chi connectivity index (χ0) is 16.4. The van der Waals surface area contributed by atoms with E-state index in [1.165, 1.54) is 18.2 Å². The van der Waals surface area contributed by atoms with Crippen molar-refractivity contribution in [2.24, 2.45) is 0 Å². The molecule has 0 aliphatic carbocycles. The van der Waals surface area contributed by atoms with E-state index in [2.05, 4.69) is 9.97 Å². The number of pyridine rings is 1. The molecular weight excluding hydrogens is 311 g/mol. The maximum atomic E-state index is 12.1. The number of hydrogen-bond acceptors (Lipinski definition) is 4. The predicted octanol–water partition coefficient (Wildman–Crippen LogP) is 3.18. The molecule has 0 atom stereocenters. The third-order valence-corrected chi connectivity index (χ3v) is 3.01. The van der Waals surface area contributed by atoms with E-state index >= 15 is 0 Å². The van der Waals surface area contributed by atoms with Crippen molar-refractivity contribution in [1.29, 1.82) is 0 Å². The van der Waals surface area contributed by atoms with Gasteiger partial charge in [0.2, 0.25) is 5.89 Å². The lowest BCUT2D eigenvalue weighted by Crippen LogP contribution is -2.33. The van der Waals surface area contributed by atoms with Gasteiger partial charge in [0.25, 0.3) is 5.91 Å². The van der Waals surface area contributed by atoms with Gasteiger partial charge in [-0.25, -0.2) is 4.98 Å². The minimum atomic E-state index is -4.46. The molecule has 0 saturated carbocycles. The summed E-state index contributed by atoms with van der Waals surface area (Å²) in [5.74, 6) is -0.504. The van der Waals surface area contributed by atoms with Crippen LogP contribution in [-0.2, 0) is 0 Å². The van der Waals surface area contributed by atoms with Crippen molar-refractivity contribution in [3.05, 3.63) is 48.3 Å². The Morgan fingerprint density at radius 1 is 1.26 bits per heavy atom. The minimum absolute atomic E-state index is 0.0767. The largest absolute Gasteiger partial charge is 0.436 e. The Morgan fingerprint density at radius 3 is 2.78 bits per heavy atom. The second-order valence-corrected chi connectivity index (χ2v) is 4.74. The summed E-state index contributed by atoms with van der Waals surface area (Å²) in [6, 6.07) is 7.73. The van der Waals surface area contributed by atoms with Crippen molar-refractivity contribution in [2.75, 3.05) is 6.54 Å². The fourth-order valence-electron chi connectivity index (χ4n) is 1.96. The van der Waals surface area contributed by atoms with Gasteiger partial charge in [0.15, 0.2) is 5.58 Å². The first-order chi connectivity index (χ1) is 10.9. The Kier molecular flexibility index (Phi) is 3.73. The highest BCUT2D eigenvalue weighted by atomic mass is 19.4. The second-order valence-electron chi connectivity index (χ2n) is 4.74. The maximum Gasteiger partial charge on any atom is 0.405 e. The molecule has 0 aliphatic rings. The molecule has 0 unspecified atom stereocenters. The fraction of sp³-hybridized carbons (Fsp3) is 0.133. The number of hydrogen-bond donors (Lipinski definition) is 1. The third kappa shape index (κ3) is 3.47. The van der Waals surface area contributed by atoms with Gasteiger partial charge in [0, 0.05) is 18.0 Å². The quantitative estimate of drug-likeness (QED) is 0.804. The number of aromatic nitrogens is 2. The van der Waals surface area contributed by atoms with Crippen LogP contribution in [0.4, 0.5) is 13.2 Å². The van der Waals surface area contributed by atoms with E-state index in [9.17, 15) is 18.0 Å². The Morgan fingerprint density at radius 2 is 2.09 bits per heavy atom. The summed E-state index contributed by atoms with van der Waals surface area (Å²) in [7, 11) is 0. The monoisotopic (exact) mass is 321 g/mol. The third-order valence-electron chi connectivity index (χ3n) is 3.01. The average molecular weight is 321 g/mol. The second kappa shape index (κ2) is 5.71. The SMILES string of the molecule is O=C(NCC(F)(F)F)c1ccc2oc(-c3cccnc3)nc2c1. The number of alkyl halides is 3. The van der Waals surface area contributed by atoms with E-state index in [-0.39, 0.29) is 5.56 Å². The van der Waals surface area contributed by atoms with Gasteiger partial charge in [-0.15, -0.1) is 0 Å². The molecule has 23 heavy (non-hydrogen) atoms. The first kappa shape index (κ1) is 15.0. The van der Waals surface area contributed by atoms with E-state index in [4.69, 9.17) is 4.42 Å². The lowest BCUT2D eigenvalue weighted by atomic mass is 10.2. The number of amides is 1. The van der Waals surface area contributed by atoms with Crippen LogP contribution in [0, 0.1) is 0 Å². The maximum absolute atomic E-state index is 12.1. The van der Waals surface area contributed by atoms with E-state index < -0.39 is 18.6 Å². The van der Waals surface area contributed by atoms with Gasteiger partial charge in [-0.05, 0) is 30.3 Å². The zero-order valence-corrected chi connectivity index (χ0v) is 11.6. The molecule has 8 heteroatoms. The predicted molar refractivity (Wildman–Crippen MR) is 75.6 cm³/mol. The van der Waals surface area contributed by atoms with Gasteiger partial charge < -0.3 is 9.73 Å². The van der Waals surface area contributed by atoms with Crippen LogP contribution in [0.1, 0.15) is 10.4 Å². The van der Waals surface area contributed by atoms with Gasteiger partial charge in [0.05, 0.1) is 5.56 Å². The van der Waals surface area contributed by atoms with Gasteiger partial charge >= 0.3 is 6.18 Å². The number of nitrogens with zero attached hydrogens (tertiary/aromatic N) is 2. The first-order valence-corrected chi connectivity index (χ1v) is 6.58. The molecule has 0 aliphatic heterocycles. The van der Waals surface area contributed by atoms with E-state index in [1.807, 2.05) is 5.32 Å². The Labute approximate surface area is 128 Å². The van der Waals surface area contributed by atoms with Crippen molar-refractivity contribution < 1.29 is 22.4 Å². The molecule has 3 rings (SSSR count). The Balaban J connectivity index is 1.86. The molecule has 0 saturated heterocycles. The standard InChI is InChI=1S/C15H10F3N3O2/c16-15(17,18)8-20-13(22)9-3-4-12-11(6-9)21-14(23-12)10-2-1-5-19-7-10/h1-7H,8H2,(H,20,22). The topological polar surface area (TPSA) is 68.0 Å². The molecule has 3 aromatic rings. The van der Waals surface area contributed by atoms with Gasteiger partial charge in [-0.1, -0.05) is 0 Å². The van der Waals surface area contributed by atoms with Crippen LogP contribution in [0.5, 0.6) is 0 Å². The highest BCUT2D eigenvalue weighted by Gasteiger charge is 2.28. The summed E-state index contributed by atoms with van der Waals surface area (Å²) in [5, 5.41) is 1.81. The number of halogens is 3. The molecule has 0 fully saturated rings. The number of oxazole rings is 1. The highest BCUT2D eigenvalue weighted by Crippen LogP contribution is 2.24. The molecule has 1 aromatic carbocycles. The first-order valence-electron chi connectivity index (χ1n) is 6.58. The van der Waals surface area contributed by atoms with Gasteiger partial charge in [-0.3, -0.25) is 9.78 Å². The van der Waals surface area contributed by atoms with E-state index in [1.54, 1.807) is 24.5 Å². The van der Waals surface area contributed by atoms with E-state index in [0.29, 0.717) is 22.6 Å². The number of benzene rings is 1. The summed E-state index contributed by atoms with van der Waals surface area (Å²) in [6.07, 6.45) is -1.28. The molecule has 0 bridgehead atoms. The number of rotatable bonds is 3. The van der Waals surface area contributed by atoms with Crippen LogP contribution in [0.2, 0.25) is 0 Å². The van der Waals surface area contributed by atoms with E-state index in [0.717, 1.165) is 0 Å². The van der Waals surface area contributed by atoms with Crippen molar-refractivity contribution >= 4 is 17.0 Å².